The lowest BCUT2D eigenvalue weighted by Crippen LogP contribution is -2.30. The predicted molar refractivity (Wildman–Crippen MR) is 56.6 cm³/mol. The molecule has 0 spiro atoms. The zero-order chi connectivity index (χ0) is 12.4. The molecular weight excluding hydrogens is 238 g/mol. The van der Waals surface area contributed by atoms with E-state index in [-0.39, 0.29) is 45.0 Å². The monoisotopic (exact) mass is 255 g/mol. The maximum Gasteiger partial charge on any atom is 0.303 e. The number of ether oxygens (including phenoxy) is 1. The van der Waals surface area contributed by atoms with Crippen molar-refractivity contribution < 1.29 is 28.2 Å². The molecule has 0 radical (unpaired) electrons. The van der Waals surface area contributed by atoms with E-state index in [0.29, 0.717) is 0 Å². The molecule has 7 nitrogen and oxygen atoms in total. The molecule has 0 aliphatic rings. The third-order valence-corrected chi connectivity index (χ3v) is 3.08. The van der Waals surface area contributed by atoms with Gasteiger partial charge in [0.2, 0.25) is 10.0 Å². The van der Waals surface area contributed by atoms with Gasteiger partial charge in [-0.3, -0.25) is 4.79 Å². The van der Waals surface area contributed by atoms with Gasteiger partial charge in [-0.05, 0) is 6.42 Å². The molecule has 0 saturated heterocycles. The quantitative estimate of drug-likeness (QED) is 0.422. The van der Waals surface area contributed by atoms with Crippen LogP contribution in [0.1, 0.15) is 12.8 Å². The first-order valence-corrected chi connectivity index (χ1v) is 6.51. The van der Waals surface area contributed by atoms with E-state index in [1.165, 1.54) is 0 Å². The number of nitrogens with one attached hydrogen (secondary N) is 1. The summed E-state index contributed by atoms with van der Waals surface area (Å²) >= 11 is 0. The Morgan fingerprint density at radius 1 is 1.31 bits per heavy atom. The van der Waals surface area contributed by atoms with Crippen LogP contribution in [0.2, 0.25) is 0 Å². The molecule has 0 aromatic rings. The fraction of sp³-hybridized carbons (Fsp3) is 0.875. The van der Waals surface area contributed by atoms with E-state index in [1.807, 2.05) is 0 Å². The Hall–Kier alpha value is -0.700. The molecule has 0 aromatic heterocycles. The molecule has 0 rings (SSSR count). The van der Waals surface area contributed by atoms with Crippen molar-refractivity contribution in [2.75, 3.05) is 32.1 Å². The van der Waals surface area contributed by atoms with Gasteiger partial charge >= 0.3 is 5.97 Å². The minimum Gasteiger partial charge on any atom is -0.481 e. The molecule has 96 valence electrons. The normalized spacial score (nSPS) is 11.6. The van der Waals surface area contributed by atoms with E-state index in [0.717, 1.165) is 0 Å². The summed E-state index contributed by atoms with van der Waals surface area (Å²) in [4.78, 5) is 10.2. The Morgan fingerprint density at radius 2 is 2.00 bits per heavy atom. The number of carbonyl (C=O) groups is 1. The van der Waals surface area contributed by atoms with Crippen LogP contribution in [0.25, 0.3) is 0 Å². The molecule has 16 heavy (non-hydrogen) atoms. The zero-order valence-electron chi connectivity index (χ0n) is 8.89. The second-order valence-electron chi connectivity index (χ2n) is 3.05. The predicted octanol–water partition coefficient (Wildman–Crippen LogP) is -1.22. The second kappa shape index (κ2) is 8.45. The first-order valence-electron chi connectivity index (χ1n) is 4.85. The van der Waals surface area contributed by atoms with Gasteiger partial charge in [0, 0.05) is 13.0 Å². The number of sulfonamides is 1. The van der Waals surface area contributed by atoms with Gasteiger partial charge in [0.05, 0.1) is 25.6 Å². The third-order valence-electron chi connectivity index (χ3n) is 1.61. The van der Waals surface area contributed by atoms with Crippen molar-refractivity contribution in [2.45, 2.75) is 12.8 Å². The zero-order valence-corrected chi connectivity index (χ0v) is 9.70. The van der Waals surface area contributed by atoms with Crippen molar-refractivity contribution in [3.8, 4) is 0 Å². The topological polar surface area (TPSA) is 113 Å². The Balaban J connectivity index is 3.58. The highest BCUT2D eigenvalue weighted by Crippen LogP contribution is 1.94. The average Bonchev–Trinajstić information content (AvgIpc) is 2.16. The van der Waals surface area contributed by atoms with Crippen LogP contribution in [-0.4, -0.2) is 56.7 Å². The van der Waals surface area contributed by atoms with Crippen molar-refractivity contribution in [1.29, 1.82) is 0 Å². The number of aliphatic hydroxyl groups is 1. The fourth-order valence-corrected chi connectivity index (χ4v) is 1.98. The Labute approximate surface area is 94.5 Å². The molecule has 0 aromatic carbocycles. The average molecular weight is 255 g/mol. The van der Waals surface area contributed by atoms with E-state index in [2.05, 4.69) is 4.72 Å². The summed E-state index contributed by atoms with van der Waals surface area (Å²) in [6.07, 6.45) is -0.0793. The molecule has 0 unspecified atom stereocenters. The first kappa shape index (κ1) is 15.3. The number of hydrogen-bond donors (Lipinski definition) is 3. The number of carboxylic acid groups (broad SMARTS) is 1. The summed E-state index contributed by atoms with van der Waals surface area (Å²) in [6.45, 7) is 0.361. The number of carboxylic acids is 1. The van der Waals surface area contributed by atoms with Crippen molar-refractivity contribution in [2.24, 2.45) is 0 Å². The van der Waals surface area contributed by atoms with Crippen LogP contribution < -0.4 is 4.72 Å². The van der Waals surface area contributed by atoms with Crippen LogP contribution in [0, 0.1) is 0 Å². The molecule has 0 bridgehead atoms. The highest BCUT2D eigenvalue weighted by molar-refractivity contribution is 7.89. The summed E-state index contributed by atoms with van der Waals surface area (Å²) < 4.78 is 29.6. The molecule has 0 saturated carbocycles. The molecular formula is C8H17NO6S. The third kappa shape index (κ3) is 9.84. The largest absolute Gasteiger partial charge is 0.481 e. The fourth-order valence-electron chi connectivity index (χ4n) is 0.922. The van der Waals surface area contributed by atoms with E-state index in [1.54, 1.807) is 0 Å². The molecule has 0 heterocycles. The lowest BCUT2D eigenvalue weighted by Gasteiger charge is -2.06. The molecule has 0 fully saturated rings. The van der Waals surface area contributed by atoms with Gasteiger partial charge in [-0.2, -0.15) is 0 Å². The van der Waals surface area contributed by atoms with Gasteiger partial charge in [0.15, 0.2) is 0 Å². The van der Waals surface area contributed by atoms with Crippen LogP contribution in [0.5, 0.6) is 0 Å². The summed E-state index contributed by atoms with van der Waals surface area (Å²) in [5.74, 6) is -1.22. The van der Waals surface area contributed by atoms with Gasteiger partial charge < -0.3 is 14.9 Å². The van der Waals surface area contributed by atoms with E-state index < -0.39 is 16.0 Å². The van der Waals surface area contributed by atoms with E-state index in [4.69, 9.17) is 14.9 Å². The van der Waals surface area contributed by atoms with Gasteiger partial charge in [-0.1, -0.05) is 0 Å². The number of rotatable bonds is 10. The van der Waals surface area contributed by atoms with Crippen molar-refractivity contribution in [3.63, 3.8) is 0 Å². The number of aliphatic hydroxyl groups excluding tert-OH is 1. The Bertz CT molecular complexity index is 289. The highest BCUT2D eigenvalue weighted by Gasteiger charge is 2.10. The maximum atomic E-state index is 11.2. The standard InChI is InChI=1S/C8H17NO6S/c10-4-6-15-5-3-9-16(13,14)7-1-2-8(11)12/h9-10H,1-7H2,(H,11,12). The minimum atomic E-state index is -3.42. The smallest absolute Gasteiger partial charge is 0.303 e. The number of aliphatic carboxylic acids is 1. The summed E-state index contributed by atoms with van der Waals surface area (Å²) in [5.41, 5.74) is 0. The van der Waals surface area contributed by atoms with Gasteiger partial charge in [0.1, 0.15) is 0 Å². The SMILES string of the molecule is O=C(O)CCCS(=O)(=O)NCCOCCO. The Kier molecular flexibility index (Phi) is 8.08. The maximum absolute atomic E-state index is 11.2. The van der Waals surface area contributed by atoms with Gasteiger partial charge in [0.25, 0.3) is 0 Å². The summed E-state index contributed by atoms with van der Waals surface area (Å²) in [6, 6.07) is 0. The molecule has 3 N–H and O–H groups in total. The molecule has 0 atom stereocenters. The van der Waals surface area contributed by atoms with E-state index >= 15 is 0 Å². The Morgan fingerprint density at radius 3 is 2.56 bits per heavy atom. The van der Waals surface area contributed by atoms with Crippen LogP contribution in [0.4, 0.5) is 0 Å². The summed E-state index contributed by atoms with van der Waals surface area (Å²) in [7, 11) is -3.42. The molecule has 8 heteroatoms. The molecule has 0 amide bonds. The first-order chi connectivity index (χ1) is 7.48. The molecule has 0 aliphatic carbocycles. The van der Waals surface area contributed by atoms with Crippen molar-refractivity contribution in [3.05, 3.63) is 0 Å². The van der Waals surface area contributed by atoms with Gasteiger partial charge in [-0.25, -0.2) is 13.1 Å². The second-order valence-corrected chi connectivity index (χ2v) is 4.97. The van der Waals surface area contributed by atoms with E-state index in [9.17, 15) is 13.2 Å². The van der Waals surface area contributed by atoms with Gasteiger partial charge in [-0.15, -0.1) is 0 Å². The minimum absolute atomic E-state index is 0.0855. The molecule has 0 aliphatic heterocycles. The summed E-state index contributed by atoms with van der Waals surface area (Å²) in [5, 5.41) is 16.7. The highest BCUT2D eigenvalue weighted by atomic mass is 32.2. The number of hydrogen-bond acceptors (Lipinski definition) is 5. The van der Waals surface area contributed by atoms with Crippen LogP contribution >= 0.6 is 0 Å². The van der Waals surface area contributed by atoms with Crippen molar-refractivity contribution >= 4 is 16.0 Å². The lowest BCUT2D eigenvalue weighted by molar-refractivity contribution is -0.137. The van der Waals surface area contributed by atoms with Crippen LogP contribution in [0.15, 0.2) is 0 Å². The van der Waals surface area contributed by atoms with Crippen LogP contribution in [-0.2, 0) is 19.6 Å². The lowest BCUT2D eigenvalue weighted by atomic mass is 10.3. The van der Waals surface area contributed by atoms with Crippen LogP contribution in [0.3, 0.4) is 0 Å². The van der Waals surface area contributed by atoms with Crippen molar-refractivity contribution in [1.82, 2.24) is 4.72 Å².